The van der Waals surface area contributed by atoms with E-state index in [0.717, 1.165) is 12.2 Å². The SMILES string of the molecule is CN(C(=O)NCC1CCCCS1)C1COCC1C(=O)O. The van der Waals surface area contributed by atoms with Gasteiger partial charge in [-0.15, -0.1) is 0 Å². The van der Waals surface area contributed by atoms with Crippen LogP contribution in [0.4, 0.5) is 4.79 Å². The van der Waals surface area contributed by atoms with Crippen molar-refractivity contribution in [2.24, 2.45) is 5.92 Å². The number of hydrogen-bond acceptors (Lipinski definition) is 4. The fourth-order valence-electron chi connectivity index (χ4n) is 2.61. The Balaban J connectivity index is 1.80. The monoisotopic (exact) mass is 302 g/mol. The first-order chi connectivity index (χ1) is 9.59. The summed E-state index contributed by atoms with van der Waals surface area (Å²) in [5.74, 6) is -0.377. The number of rotatable bonds is 4. The van der Waals surface area contributed by atoms with E-state index in [1.54, 1.807) is 7.05 Å². The van der Waals surface area contributed by atoms with Crippen molar-refractivity contribution in [2.75, 3.05) is 32.6 Å². The van der Waals surface area contributed by atoms with E-state index in [9.17, 15) is 9.59 Å². The fraction of sp³-hybridized carbons (Fsp3) is 0.846. The van der Waals surface area contributed by atoms with Crippen LogP contribution in [0.3, 0.4) is 0 Å². The van der Waals surface area contributed by atoms with Gasteiger partial charge in [-0.1, -0.05) is 6.42 Å². The van der Waals surface area contributed by atoms with Crippen LogP contribution in [-0.2, 0) is 9.53 Å². The summed E-state index contributed by atoms with van der Waals surface area (Å²) in [6.07, 6.45) is 3.62. The zero-order valence-electron chi connectivity index (χ0n) is 11.7. The quantitative estimate of drug-likeness (QED) is 0.810. The fourth-order valence-corrected chi connectivity index (χ4v) is 3.84. The zero-order valence-corrected chi connectivity index (χ0v) is 12.5. The van der Waals surface area contributed by atoms with Gasteiger partial charge in [0, 0.05) is 18.8 Å². The number of urea groups is 1. The van der Waals surface area contributed by atoms with E-state index in [-0.39, 0.29) is 18.7 Å². The lowest BCUT2D eigenvalue weighted by atomic mass is 10.0. The van der Waals surface area contributed by atoms with Gasteiger partial charge in [-0.3, -0.25) is 4.79 Å². The number of carbonyl (C=O) groups excluding carboxylic acids is 1. The standard InChI is InChI=1S/C13H22N2O4S/c1-15(11-8-19-7-10(11)12(16)17)13(18)14-6-9-4-2-3-5-20-9/h9-11H,2-8H2,1H3,(H,14,18)(H,16,17). The maximum atomic E-state index is 12.1. The van der Waals surface area contributed by atoms with Gasteiger partial charge in [0.25, 0.3) is 0 Å². The molecule has 0 bridgehead atoms. The molecule has 3 unspecified atom stereocenters. The number of hydrogen-bond donors (Lipinski definition) is 2. The number of aliphatic carboxylic acids is 1. The van der Waals surface area contributed by atoms with Crippen LogP contribution in [0.1, 0.15) is 19.3 Å². The molecule has 7 heteroatoms. The predicted octanol–water partition coefficient (Wildman–Crippen LogP) is 1.01. The van der Waals surface area contributed by atoms with Crippen molar-refractivity contribution in [1.82, 2.24) is 10.2 Å². The third kappa shape index (κ3) is 3.79. The van der Waals surface area contributed by atoms with Gasteiger partial charge in [0.2, 0.25) is 0 Å². The molecule has 0 saturated carbocycles. The third-order valence-electron chi connectivity index (χ3n) is 3.94. The topological polar surface area (TPSA) is 78.9 Å². The number of likely N-dealkylation sites (N-methyl/N-ethyl adjacent to an activating group) is 1. The average Bonchev–Trinajstić information content (AvgIpc) is 2.94. The van der Waals surface area contributed by atoms with Crippen molar-refractivity contribution in [2.45, 2.75) is 30.6 Å². The number of ether oxygens (including phenoxy) is 1. The molecule has 2 heterocycles. The number of carboxylic acid groups (broad SMARTS) is 1. The normalized spacial score (nSPS) is 29.9. The summed E-state index contributed by atoms with van der Waals surface area (Å²) in [6.45, 7) is 1.12. The van der Waals surface area contributed by atoms with Crippen LogP contribution in [0.15, 0.2) is 0 Å². The summed E-state index contributed by atoms with van der Waals surface area (Å²) in [4.78, 5) is 24.7. The second kappa shape index (κ2) is 7.17. The molecule has 0 radical (unpaired) electrons. The Labute approximate surface area is 123 Å². The number of carboxylic acids is 1. The van der Waals surface area contributed by atoms with E-state index in [0.29, 0.717) is 18.4 Å². The van der Waals surface area contributed by atoms with Crippen LogP contribution in [0.5, 0.6) is 0 Å². The van der Waals surface area contributed by atoms with Crippen LogP contribution >= 0.6 is 11.8 Å². The molecule has 0 spiro atoms. The van der Waals surface area contributed by atoms with E-state index in [1.807, 2.05) is 11.8 Å². The van der Waals surface area contributed by atoms with Crippen molar-refractivity contribution < 1.29 is 19.4 Å². The molecule has 20 heavy (non-hydrogen) atoms. The minimum absolute atomic E-state index is 0.177. The lowest BCUT2D eigenvalue weighted by Gasteiger charge is -2.28. The molecule has 0 aromatic carbocycles. The smallest absolute Gasteiger partial charge is 0.317 e. The van der Waals surface area contributed by atoms with Gasteiger partial charge in [0.15, 0.2) is 0 Å². The minimum atomic E-state index is -0.907. The van der Waals surface area contributed by atoms with Crippen LogP contribution in [0.25, 0.3) is 0 Å². The van der Waals surface area contributed by atoms with Crippen molar-refractivity contribution in [3.8, 4) is 0 Å². The van der Waals surface area contributed by atoms with Gasteiger partial charge in [-0.05, 0) is 18.6 Å². The Bertz CT molecular complexity index is 360. The Morgan fingerprint density at radius 3 is 2.85 bits per heavy atom. The second-order valence-corrected chi connectivity index (χ2v) is 6.74. The molecular formula is C13H22N2O4S. The van der Waals surface area contributed by atoms with Crippen LogP contribution < -0.4 is 5.32 Å². The maximum absolute atomic E-state index is 12.1. The summed E-state index contributed by atoms with van der Waals surface area (Å²) in [5, 5.41) is 12.5. The van der Waals surface area contributed by atoms with Crippen LogP contribution in [-0.4, -0.2) is 65.9 Å². The highest BCUT2D eigenvalue weighted by Gasteiger charge is 2.38. The van der Waals surface area contributed by atoms with E-state index in [4.69, 9.17) is 9.84 Å². The van der Waals surface area contributed by atoms with Gasteiger partial charge >= 0.3 is 12.0 Å². The molecule has 0 aromatic rings. The van der Waals surface area contributed by atoms with Crippen LogP contribution in [0, 0.1) is 5.92 Å². The molecule has 114 valence electrons. The second-order valence-electron chi connectivity index (χ2n) is 5.34. The number of amides is 2. The Hall–Kier alpha value is -0.950. The van der Waals surface area contributed by atoms with Gasteiger partial charge < -0.3 is 20.1 Å². The summed E-state index contributed by atoms with van der Waals surface area (Å²) >= 11 is 1.90. The Morgan fingerprint density at radius 2 is 2.20 bits per heavy atom. The molecule has 2 saturated heterocycles. The first-order valence-corrected chi connectivity index (χ1v) is 8.07. The van der Waals surface area contributed by atoms with Gasteiger partial charge in [0.05, 0.1) is 19.3 Å². The molecule has 6 nitrogen and oxygen atoms in total. The Morgan fingerprint density at radius 1 is 1.40 bits per heavy atom. The van der Waals surface area contributed by atoms with E-state index in [1.165, 1.54) is 17.7 Å². The zero-order chi connectivity index (χ0) is 14.5. The van der Waals surface area contributed by atoms with Crippen molar-refractivity contribution in [3.05, 3.63) is 0 Å². The van der Waals surface area contributed by atoms with Crippen LogP contribution in [0.2, 0.25) is 0 Å². The van der Waals surface area contributed by atoms with Gasteiger partial charge in [-0.2, -0.15) is 11.8 Å². The third-order valence-corrected chi connectivity index (χ3v) is 5.34. The first kappa shape index (κ1) is 15.4. The number of carbonyl (C=O) groups is 2. The Kier molecular flexibility index (Phi) is 5.54. The highest BCUT2D eigenvalue weighted by molar-refractivity contribution is 7.99. The molecule has 2 N–H and O–H groups in total. The van der Waals surface area contributed by atoms with Gasteiger partial charge in [0.1, 0.15) is 5.92 Å². The molecule has 0 aliphatic carbocycles. The maximum Gasteiger partial charge on any atom is 0.317 e. The van der Waals surface area contributed by atoms with E-state index >= 15 is 0 Å². The predicted molar refractivity (Wildman–Crippen MR) is 77.0 cm³/mol. The molecule has 2 fully saturated rings. The largest absolute Gasteiger partial charge is 0.481 e. The molecular weight excluding hydrogens is 280 g/mol. The molecule has 2 aliphatic heterocycles. The number of nitrogens with one attached hydrogen (secondary N) is 1. The minimum Gasteiger partial charge on any atom is -0.481 e. The molecule has 3 atom stereocenters. The van der Waals surface area contributed by atoms with Crippen molar-refractivity contribution in [3.63, 3.8) is 0 Å². The lowest BCUT2D eigenvalue weighted by Crippen LogP contribution is -2.49. The summed E-state index contributed by atoms with van der Waals surface area (Å²) in [5.41, 5.74) is 0. The highest BCUT2D eigenvalue weighted by Crippen LogP contribution is 2.24. The van der Waals surface area contributed by atoms with Crippen molar-refractivity contribution >= 4 is 23.8 Å². The molecule has 0 aromatic heterocycles. The molecule has 2 rings (SSSR count). The van der Waals surface area contributed by atoms with Crippen molar-refractivity contribution in [1.29, 1.82) is 0 Å². The van der Waals surface area contributed by atoms with Gasteiger partial charge in [-0.25, -0.2) is 4.79 Å². The van der Waals surface area contributed by atoms with E-state index in [2.05, 4.69) is 5.32 Å². The summed E-state index contributed by atoms with van der Waals surface area (Å²) < 4.78 is 5.19. The lowest BCUT2D eigenvalue weighted by molar-refractivity contribution is -0.142. The average molecular weight is 302 g/mol. The highest BCUT2D eigenvalue weighted by atomic mass is 32.2. The summed E-state index contributed by atoms with van der Waals surface area (Å²) in [7, 11) is 1.64. The van der Waals surface area contributed by atoms with E-state index < -0.39 is 11.9 Å². The summed E-state index contributed by atoms with van der Waals surface area (Å²) in [6, 6.07) is -0.593. The molecule has 2 amide bonds. The molecule has 2 aliphatic rings. The number of nitrogens with zero attached hydrogens (tertiary/aromatic N) is 1. The first-order valence-electron chi connectivity index (χ1n) is 7.02. The number of thioether (sulfide) groups is 1.